The predicted octanol–water partition coefficient (Wildman–Crippen LogP) is 0.759. The number of carbonyl (C=O) groups is 1. The Kier molecular flexibility index (Phi) is 2.25. The molecule has 0 spiro atoms. The Morgan fingerprint density at radius 3 is 3.00 bits per heavy atom. The lowest BCUT2D eigenvalue weighted by Crippen LogP contribution is -2.00. The minimum Gasteiger partial charge on any atom is -0.464 e. The number of nitrogens with one attached hydrogen (secondary N) is 1. The fourth-order valence-electron chi connectivity index (χ4n) is 0.752. The van der Waals surface area contributed by atoms with Gasteiger partial charge in [-0.2, -0.15) is 5.10 Å². The number of carbonyl (C=O) groups excluding carboxylic acids is 1. The molecule has 1 aromatic rings. The van der Waals surface area contributed by atoms with Gasteiger partial charge in [0, 0.05) is 5.69 Å². The van der Waals surface area contributed by atoms with E-state index in [0.717, 1.165) is 12.1 Å². The number of esters is 1. The number of rotatable bonds is 2. The van der Waals surface area contributed by atoms with Gasteiger partial charge in [0.05, 0.1) is 7.11 Å². The van der Waals surface area contributed by atoms with Gasteiger partial charge >= 0.3 is 5.97 Å². The van der Waals surface area contributed by atoms with Crippen LogP contribution >= 0.6 is 0 Å². The molecule has 4 nitrogen and oxygen atoms in total. The summed E-state index contributed by atoms with van der Waals surface area (Å²) >= 11 is 0. The van der Waals surface area contributed by atoms with Crippen LogP contribution in [-0.4, -0.2) is 23.3 Å². The standard InChI is InChI=1S/C7H10N2O2/c1-3-5-4-6(9-8-5)7(10)11-2/h4H,3H2,1-2H3,(H,8,9). The first-order valence-corrected chi connectivity index (χ1v) is 3.40. The molecule has 0 bridgehead atoms. The van der Waals surface area contributed by atoms with E-state index in [9.17, 15) is 4.79 Å². The molecule has 0 amide bonds. The maximum atomic E-state index is 10.8. The van der Waals surface area contributed by atoms with Crippen LogP contribution in [0.2, 0.25) is 0 Å². The number of ether oxygens (including phenoxy) is 1. The molecule has 0 aromatic carbocycles. The first kappa shape index (κ1) is 7.78. The number of hydrogen-bond acceptors (Lipinski definition) is 3. The number of nitrogens with zero attached hydrogens (tertiary/aromatic N) is 1. The summed E-state index contributed by atoms with van der Waals surface area (Å²) in [5.74, 6) is -0.402. The van der Waals surface area contributed by atoms with Crippen molar-refractivity contribution in [3.63, 3.8) is 0 Å². The molecule has 1 heterocycles. The molecule has 1 rings (SSSR count). The van der Waals surface area contributed by atoms with Crippen molar-refractivity contribution in [2.45, 2.75) is 13.3 Å². The molecule has 0 aliphatic carbocycles. The third-order valence-electron chi connectivity index (χ3n) is 1.41. The van der Waals surface area contributed by atoms with E-state index in [4.69, 9.17) is 0 Å². The van der Waals surface area contributed by atoms with Crippen molar-refractivity contribution in [2.24, 2.45) is 0 Å². The van der Waals surface area contributed by atoms with Gasteiger partial charge in [-0.05, 0) is 12.5 Å². The third kappa shape index (κ3) is 1.58. The maximum Gasteiger partial charge on any atom is 0.358 e. The van der Waals surface area contributed by atoms with Crippen molar-refractivity contribution in [1.29, 1.82) is 0 Å². The van der Waals surface area contributed by atoms with Crippen LogP contribution < -0.4 is 0 Å². The molecule has 0 saturated heterocycles. The number of aromatic amines is 1. The summed E-state index contributed by atoms with van der Waals surface area (Å²) in [5.41, 5.74) is 1.27. The van der Waals surface area contributed by atoms with Crippen LogP contribution in [0.25, 0.3) is 0 Å². The van der Waals surface area contributed by atoms with Crippen molar-refractivity contribution < 1.29 is 9.53 Å². The average Bonchev–Trinajstić information content (AvgIpc) is 2.50. The highest BCUT2D eigenvalue weighted by atomic mass is 16.5. The molecule has 1 aromatic heterocycles. The van der Waals surface area contributed by atoms with Crippen LogP contribution in [0.15, 0.2) is 6.07 Å². The molecule has 0 aliphatic rings. The first-order chi connectivity index (χ1) is 5.27. The lowest BCUT2D eigenvalue weighted by atomic mass is 10.3. The Hall–Kier alpha value is -1.32. The Labute approximate surface area is 64.6 Å². The van der Waals surface area contributed by atoms with Crippen LogP contribution in [0.5, 0.6) is 0 Å². The summed E-state index contributed by atoms with van der Waals surface area (Å²) in [4.78, 5) is 10.8. The molecule has 0 saturated carbocycles. The number of aromatic nitrogens is 2. The van der Waals surface area contributed by atoms with E-state index in [1.54, 1.807) is 6.07 Å². The smallest absolute Gasteiger partial charge is 0.358 e. The minimum atomic E-state index is -0.402. The van der Waals surface area contributed by atoms with Crippen LogP contribution in [0.3, 0.4) is 0 Å². The van der Waals surface area contributed by atoms with Gasteiger partial charge < -0.3 is 4.74 Å². The number of hydrogen-bond donors (Lipinski definition) is 1. The van der Waals surface area contributed by atoms with Gasteiger partial charge in [-0.1, -0.05) is 6.92 Å². The van der Waals surface area contributed by atoms with E-state index < -0.39 is 5.97 Å². The lowest BCUT2D eigenvalue weighted by molar-refractivity contribution is 0.0594. The molecule has 0 aliphatic heterocycles. The minimum absolute atomic E-state index is 0.337. The van der Waals surface area contributed by atoms with Crippen LogP contribution in [0.1, 0.15) is 23.1 Å². The Balaban J connectivity index is 2.80. The summed E-state index contributed by atoms with van der Waals surface area (Å²) in [6.45, 7) is 1.98. The van der Waals surface area contributed by atoms with E-state index in [-0.39, 0.29) is 0 Å². The lowest BCUT2D eigenvalue weighted by Gasteiger charge is -1.89. The fourth-order valence-corrected chi connectivity index (χ4v) is 0.752. The highest BCUT2D eigenvalue weighted by molar-refractivity contribution is 5.87. The molecule has 60 valence electrons. The van der Waals surface area contributed by atoms with Gasteiger partial charge in [-0.3, -0.25) is 5.10 Å². The average molecular weight is 154 g/mol. The molecular formula is C7H10N2O2. The second-order valence-corrected chi connectivity index (χ2v) is 2.12. The van der Waals surface area contributed by atoms with E-state index in [2.05, 4.69) is 14.9 Å². The molecule has 0 unspecified atom stereocenters. The zero-order valence-corrected chi connectivity index (χ0v) is 6.55. The van der Waals surface area contributed by atoms with E-state index in [0.29, 0.717) is 5.69 Å². The Morgan fingerprint density at radius 1 is 1.82 bits per heavy atom. The highest BCUT2D eigenvalue weighted by Crippen LogP contribution is 2.00. The topological polar surface area (TPSA) is 55.0 Å². The maximum absolute atomic E-state index is 10.8. The molecule has 0 fully saturated rings. The molecule has 0 atom stereocenters. The molecule has 11 heavy (non-hydrogen) atoms. The van der Waals surface area contributed by atoms with Crippen molar-refractivity contribution >= 4 is 5.97 Å². The molecule has 4 heteroatoms. The van der Waals surface area contributed by atoms with Crippen LogP contribution in [0, 0.1) is 0 Å². The van der Waals surface area contributed by atoms with E-state index >= 15 is 0 Å². The molecule has 0 radical (unpaired) electrons. The Morgan fingerprint density at radius 2 is 2.55 bits per heavy atom. The second kappa shape index (κ2) is 3.18. The normalized spacial score (nSPS) is 9.64. The Bertz CT molecular complexity index is 255. The monoisotopic (exact) mass is 154 g/mol. The zero-order chi connectivity index (χ0) is 8.27. The van der Waals surface area contributed by atoms with Gasteiger partial charge in [0.15, 0.2) is 5.69 Å². The van der Waals surface area contributed by atoms with Crippen molar-refractivity contribution in [3.8, 4) is 0 Å². The summed E-state index contributed by atoms with van der Waals surface area (Å²) in [6.07, 6.45) is 0.837. The van der Waals surface area contributed by atoms with Crippen LogP contribution in [-0.2, 0) is 11.2 Å². The molecular weight excluding hydrogens is 144 g/mol. The largest absolute Gasteiger partial charge is 0.464 e. The second-order valence-electron chi connectivity index (χ2n) is 2.12. The SMILES string of the molecule is CCc1cc(C(=O)OC)n[nH]1. The van der Waals surface area contributed by atoms with Gasteiger partial charge in [0.25, 0.3) is 0 Å². The van der Waals surface area contributed by atoms with Crippen molar-refractivity contribution in [3.05, 3.63) is 17.5 Å². The number of methoxy groups -OCH3 is 1. The van der Waals surface area contributed by atoms with Crippen LogP contribution in [0.4, 0.5) is 0 Å². The highest BCUT2D eigenvalue weighted by Gasteiger charge is 2.08. The summed E-state index contributed by atoms with van der Waals surface area (Å²) < 4.78 is 4.47. The van der Waals surface area contributed by atoms with Crippen molar-refractivity contribution in [2.75, 3.05) is 7.11 Å². The van der Waals surface area contributed by atoms with E-state index in [1.165, 1.54) is 7.11 Å². The quantitative estimate of drug-likeness (QED) is 0.640. The summed E-state index contributed by atoms with van der Waals surface area (Å²) in [7, 11) is 1.34. The first-order valence-electron chi connectivity index (χ1n) is 3.40. The number of H-pyrrole nitrogens is 1. The van der Waals surface area contributed by atoms with E-state index in [1.807, 2.05) is 6.92 Å². The van der Waals surface area contributed by atoms with Gasteiger partial charge in [-0.15, -0.1) is 0 Å². The van der Waals surface area contributed by atoms with Gasteiger partial charge in [0.2, 0.25) is 0 Å². The summed E-state index contributed by atoms with van der Waals surface area (Å²) in [5, 5.41) is 6.48. The predicted molar refractivity (Wildman–Crippen MR) is 39.3 cm³/mol. The zero-order valence-electron chi connectivity index (χ0n) is 6.55. The van der Waals surface area contributed by atoms with Crippen molar-refractivity contribution in [1.82, 2.24) is 10.2 Å². The number of aryl methyl sites for hydroxylation is 1. The summed E-state index contributed by atoms with van der Waals surface area (Å²) in [6, 6.07) is 1.69. The third-order valence-corrected chi connectivity index (χ3v) is 1.41. The van der Waals surface area contributed by atoms with Gasteiger partial charge in [-0.25, -0.2) is 4.79 Å². The molecule has 1 N–H and O–H groups in total. The fraction of sp³-hybridized carbons (Fsp3) is 0.429. The van der Waals surface area contributed by atoms with Gasteiger partial charge in [0.1, 0.15) is 0 Å².